The second kappa shape index (κ2) is 4.07. The quantitative estimate of drug-likeness (QED) is 0.438. The zero-order valence-electron chi connectivity index (χ0n) is 7.60. The number of benzene rings is 1. The normalized spacial score (nSPS) is 8.93. The van der Waals surface area contributed by atoms with Gasteiger partial charge in [-0.05, 0) is 12.1 Å². The largest absolute Gasteiger partial charge is 0.393 e. The van der Waals surface area contributed by atoms with Crippen molar-refractivity contribution in [2.24, 2.45) is 0 Å². The van der Waals surface area contributed by atoms with Gasteiger partial charge in [0, 0.05) is 0 Å². The lowest BCUT2D eigenvalue weighted by molar-refractivity contribution is -0.384. The first kappa shape index (κ1) is 10.5. The van der Waals surface area contributed by atoms with Crippen molar-refractivity contribution in [1.82, 2.24) is 0 Å². The van der Waals surface area contributed by atoms with Gasteiger partial charge in [0.05, 0.1) is 34.6 Å². The van der Waals surface area contributed by atoms with Crippen LogP contribution in [-0.2, 0) is 6.42 Å². The molecule has 0 atom stereocenters. The van der Waals surface area contributed by atoms with Crippen LogP contribution in [0.2, 0.25) is 0 Å². The molecule has 6 nitrogen and oxygen atoms in total. The first-order chi connectivity index (χ1) is 7.11. The Hall–Kier alpha value is -2.60. The van der Waals surface area contributed by atoms with E-state index in [1.165, 1.54) is 12.1 Å². The minimum Gasteiger partial charge on any atom is -0.393 e. The highest BCUT2D eigenvalue weighted by Crippen LogP contribution is 2.29. The van der Waals surface area contributed by atoms with Crippen molar-refractivity contribution < 1.29 is 4.92 Å². The Kier molecular flexibility index (Phi) is 2.85. The molecule has 0 radical (unpaired) electrons. The topological polar surface area (TPSA) is 117 Å². The number of nitrogens with zero attached hydrogens (tertiary/aromatic N) is 3. The first-order valence-electron chi connectivity index (χ1n) is 3.94. The van der Waals surface area contributed by atoms with Crippen molar-refractivity contribution in [3.63, 3.8) is 0 Å². The zero-order chi connectivity index (χ0) is 11.4. The number of nitro groups is 1. The lowest BCUT2D eigenvalue weighted by atomic mass is 10.0. The molecule has 74 valence electrons. The van der Waals surface area contributed by atoms with Crippen LogP contribution in [-0.4, -0.2) is 4.92 Å². The van der Waals surface area contributed by atoms with Gasteiger partial charge in [0.2, 0.25) is 0 Å². The standard InChI is InChI=1S/C9H6N4O2/c10-4-3-7-6(5-11)1-2-8(12)9(7)13(14)15/h1-2H,3,12H2. The van der Waals surface area contributed by atoms with Gasteiger partial charge < -0.3 is 5.73 Å². The zero-order valence-corrected chi connectivity index (χ0v) is 7.60. The second-order valence-electron chi connectivity index (χ2n) is 2.73. The van der Waals surface area contributed by atoms with Crippen LogP contribution in [0.4, 0.5) is 11.4 Å². The monoisotopic (exact) mass is 202 g/mol. The number of hydrogen-bond donors (Lipinski definition) is 1. The molecule has 0 bridgehead atoms. The molecule has 0 unspecified atom stereocenters. The summed E-state index contributed by atoms with van der Waals surface area (Å²) in [7, 11) is 0. The van der Waals surface area contributed by atoms with Gasteiger partial charge in [-0.2, -0.15) is 10.5 Å². The Labute approximate surface area is 85.3 Å². The molecule has 0 amide bonds. The van der Waals surface area contributed by atoms with Gasteiger partial charge in [-0.3, -0.25) is 10.1 Å². The molecule has 0 saturated heterocycles. The Bertz CT molecular complexity index is 496. The summed E-state index contributed by atoms with van der Waals surface area (Å²) >= 11 is 0. The fraction of sp³-hybridized carbons (Fsp3) is 0.111. The fourth-order valence-corrected chi connectivity index (χ4v) is 1.23. The van der Waals surface area contributed by atoms with Gasteiger partial charge >= 0.3 is 0 Å². The smallest absolute Gasteiger partial charge is 0.297 e. The second-order valence-corrected chi connectivity index (χ2v) is 2.73. The molecule has 0 fully saturated rings. The van der Waals surface area contributed by atoms with Crippen LogP contribution >= 0.6 is 0 Å². The Balaban J connectivity index is 3.54. The lowest BCUT2D eigenvalue weighted by Gasteiger charge is -2.03. The minimum absolute atomic E-state index is 0.0377. The average molecular weight is 202 g/mol. The summed E-state index contributed by atoms with van der Waals surface area (Å²) in [6, 6.07) is 6.22. The molecule has 0 spiro atoms. The third-order valence-corrected chi connectivity index (χ3v) is 1.87. The van der Waals surface area contributed by atoms with Gasteiger partial charge in [0.15, 0.2) is 0 Å². The highest BCUT2D eigenvalue weighted by Gasteiger charge is 2.21. The van der Waals surface area contributed by atoms with E-state index in [2.05, 4.69) is 0 Å². The van der Waals surface area contributed by atoms with Crippen LogP contribution in [0.5, 0.6) is 0 Å². The number of anilines is 1. The summed E-state index contributed by atoms with van der Waals surface area (Å²) in [6.07, 6.45) is -0.204. The summed E-state index contributed by atoms with van der Waals surface area (Å²) in [5.41, 5.74) is 5.21. The summed E-state index contributed by atoms with van der Waals surface area (Å²) < 4.78 is 0. The van der Waals surface area contributed by atoms with Crippen LogP contribution in [0, 0.1) is 32.8 Å². The van der Waals surface area contributed by atoms with E-state index in [1.54, 1.807) is 12.1 Å². The van der Waals surface area contributed by atoms with E-state index in [0.29, 0.717) is 0 Å². The molecule has 0 heterocycles. The molecule has 1 aromatic carbocycles. The van der Waals surface area contributed by atoms with E-state index >= 15 is 0 Å². The maximum absolute atomic E-state index is 10.7. The minimum atomic E-state index is -0.678. The molecule has 0 aliphatic rings. The van der Waals surface area contributed by atoms with Crippen molar-refractivity contribution in [3.8, 4) is 12.1 Å². The Morgan fingerprint density at radius 2 is 2.13 bits per heavy atom. The highest BCUT2D eigenvalue weighted by atomic mass is 16.6. The average Bonchev–Trinajstić information content (AvgIpc) is 2.18. The van der Waals surface area contributed by atoms with E-state index in [9.17, 15) is 10.1 Å². The molecule has 15 heavy (non-hydrogen) atoms. The van der Waals surface area contributed by atoms with Crippen molar-refractivity contribution in [2.45, 2.75) is 6.42 Å². The van der Waals surface area contributed by atoms with Crippen LogP contribution < -0.4 is 5.73 Å². The van der Waals surface area contributed by atoms with Gasteiger partial charge in [0.25, 0.3) is 5.69 Å². The maximum atomic E-state index is 10.7. The van der Waals surface area contributed by atoms with Crippen molar-refractivity contribution in [3.05, 3.63) is 33.4 Å². The summed E-state index contributed by atoms with van der Waals surface area (Å²) in [5, 5.41) is 27.9. The van der Waals surface area contributed by atoms with Crippen molar-refractivity contribution in [2.75, 3.05) is 5.73 Å². The number of nitrogens with two attached hydrogens (primary N) is 1. The number of rotatable bonds is 2. The van der Waals surface area contributed by atoms with E-state index in [-0.39, 0.29) is 28.9 Å². The van der Waals surface area contributed by atoms with Gasteiger partial charge in [-0.25, -0.2) is 0 Å². The van der Waals surface area contributed by atoms with Crippen molar-refractivity contribution in [1.29, 1.82) is 10.5 Å². The Morgan fingerprint density at radius 3 is 2.60 bits per heavy atom. The SMILES string of the molecule is N#CCc1c(C#N)ccc(N)c1[N+](=O)[O-]. The maximum Gasteiger partial charge on any atom is 0.297 e. The molecular formula is C9H6N4O2. The summed E-state index contributed by atoms with van der Waals surface area (Å²) in [6.45, 7) is 0. The predicted octanol–water partition coefficient (Wildman–Crippen LogP) is 1.11. The molecule has 6 heteroatoms. The van der Waals surface area contributed by atoms with E-state index in [1.807, 2.05) is 0 Å². The lowest BCUT2D eigenvalue weighted by Crippen LogP contribution is -2.02. The van der Waals surface area contributed by atoms with E-state index < -0.39 is 4.92 Å². The summed E-state index contributed by atoms with van der Waals surface area (Å²) in [4.78, 5) is 10.0. The molecule has 1 rings (SSSR count). The third-order valence-electron chi connectivity index (χ3n) is 1.87. The summed E-state index contributed by atoms with van der Waals surface area (Å²) in [5.74, 6) is 0. The van der Waals surface area contributed by atoms with Crippen LogP contribution in [0.25, 0.3) is 0 Å². The molecule has 0 aromatic heterocycles. The van der Waals surface area contributed by atoms with Gasteiger partial charge in [0.1, 0.15) is 5.69 Å². The van der Waals surface area contributed by atoms with Gasteiger partial charge in [-0.1, -0.05) is 0 Å². The molecular weight excluding hydrogens is 196 g/mol. The van der Waals surface area contributed by atoms with Crippen molar-refractivity contribution >= 4 is 11.4 Å². The van der Waals surface area contributed by atoms with Crippen LogP contribution in [0.3, 0.4) is 0 Å². The van der Waals surface area contributed by atoms with E-state index in [0.717, 1.165) is 0 Å². The molecule has 0 aliphatic heterocycles. The first-order valence-corrected chi connectivity index (χ1v) is 3.94. The predicted molar refractivity (Wildman–Crippen MR) is 51.5 cm³/mol. The third kappa shape index (κ3) is 1.84. The number of nitriles is 2. The van der Waals surface area contributed by atoms with E-state index in [4.69, 9.17) is 16.3 Å². The van der Waals surface area contributed by atoms with Crippen LogP contribution in [0.1, 0.15) is 11.1 Å². The molecule has 0 saturated carbocycles. The molecule has 2 N–H and O–H groups in total. The van der Waals surface area contributed by atoms with Crippen LogP contribution in [0.15, 0.2) is 12.1 Å². The highest BCUT2D eigenvalue weighted by molar-refractivity contribution is 5.67. The number of nitro benzene ring substituents is 1. The molecule has 0 aliphatic carbocycles. The molecule has 1 aromatic rings. The number of nitrogen functional groups attached to an aromatic ring is 1. The Morgan fingerprint density at radius 1 is 1.47 bits per heavy atom. The van der Waals surface area contributed by atoms with Gasteiger partial charge in [-0.15, -0.1) is 0 Å². The fourth-order valence-electron chi connectivity index (χ4n) is 1.23. The number of hydrogen-bond acceptors (Lipinski definition) is 5.